The molecule has 1 rings (SSSR count). The van der Waals surface area contributed by atoms with Crippen molar-refractivity contribution in [1.82, 2.24) is 0 Å². The highest BCUT2D eigenvalue weighted by atomic mass is 16.6. The quantitative estimate of drug-likeness (QED) is 0.597. The minimum absolute atomic E-state index is 0.0767. The number of esters is 2. The Labute approximate surface area is 115 Å². The number of hydrogen-bond acceptors (Lipinski definition) is 5. The Kier molecular flexibility index (Phi) is 5.96. The number of ether oxygens (including phenoxy) is 2. The highest BCUT2D eigenvalue weighted by Gasteiger charge is 2.14. The molecule has 0 saturated heterocycles. The number of carbonyl (C=O) groups is 3. The monoisotopic (exact) mass is 278 g/mol. The minimum Gasteiger partial charge on any atom is -0.481 e. The third-order valence-corrected chi connectivity index (χ3v) is 2.22. The van der Waals surface area contributed by atoms with Crippen LogP contribution in [0.25, 0.3) is 0 Å². The first-order valence-electron chi connectivity index (χ1n) is 5.75. The lowest BCUT2D eigenvalue weighted by Crippen LogP contribution is -2.18. The molecule has 1 aromatic rings. The normalized spacial score (nSPS) is 9.60. The molecule has 0 radical (unpaired) electrons. The molecule has 1 N–H and O–H groups in total. The fourth-order valence-electron chi connectivity index (χ4n) is 1.26. The standard InChI is InChI=1S/C14H14O6/c1-10(7-12(15)16)14(18)20-9-13(17)19-8-11-5-3-2-4-6-11/h2-6H,1,7-9H2,(H,15,16). The smallest absolute Gasteiger partial charge is 0.344 e. The van der Waals surface area contributed by atoms with Crippen LogP contribution in [0.4, 0.5) is 0 Å². The number of benzene rings is 1. The molecule has 6 heteroatoms. The van der Waals surface area contributed by atoms with Gasteiger partial charge in [0.15, 0.2) is 6.61 Å². The number of carbonyl (C=O) groups excluding carboxylic acids is 2. The number of carboxylic acids is 1. The van der Waals surface area contributed by atoms with Gasteiger partial charge in [-0.15, -0.1) is 0 Å². The Morgan fingerprint density at radius 3 is 2.35 bits per heavy atom. The Balaban J connectivity index is 2.28. The summed E-state index contributed by atoms with van der Waals surface area (Å²) in [6.45, 7) is 2.76. The third kappa shape index (κ3) is 5.81. The number of aliphatic carboxylic acids is 1. The van der Waals surface area contributed by atoms with Gasteiger partial charge in [0, 0.05) is 5.57 Å². The van der Waals surface area contributed by atoms with E-state index in [1.54, 1.807) is 24.3 Å². The molecule has 0 aliphatic carbocycles. The molecular formula is C14H14O6. The largest absolute Gasteiger partial charge is 0.481 e. The van der Waals surface area contributed by atoms with Crippen LogP contribution >= 0.6 is 0 Å². The van der Waals surface area contributed by atoms with Gasteiger partial charge < -0.3 is 14.6 Å². The fraction of sp³-hybridized carbons (Fsp3) is 0.214. The fourth-order valence-corrected chi connectivity index (χ4v) is 1.26. The zero-order valence-electron chi connectivity index (χ0n) is 10.7. The Hall–Kier alpha value is -2.63. The predicted octanol–water partition coefficient (Wildman–Crippen LogP) is 1.30. The highest BCUT2D eigenvalue weighted by molar-refractivity contribution is 5.93. The van der Waals surface area contributed by atoms with E-state index in [2.05, 4.69) is 11.3 Å². The van der Waals surface area contributed by atoms with Gasteiger partial charge in [-0.25, -0.2) is 9.59 Å². The zero-order valence-corrected chi connectivity index (χ0v) is 10.7. The highest BCUT2D eigenvalue weighted by Crippen LogP contribution is 2.03. The second-order valence-corrected chi connectivity index (χ2v) is 3.90. The molecule has 106 valence electrons. The molecule has 0 heterocycles. The Morgan fingerprint density at radius 2 is 1.75 bits per heavy atom. The van der Waals surface area contributed by atoms with E-state index in [4.69, 9.17) is 9.84 Å². The van der Waals surface area contributed by atoms with Gasteiger partial charge in [0.2, 0.25) is 0 Å². The van der Waals surface area contributed by atoms with E-state index >= 15 is 0 Å². The van der Waals surface area contributed by atoms with Crippen molar-refractivity contribution in [3.63, 3.8) is 0 Å². The van der Waals surface area contributed by atoms with E-state index in [9.17, 15) is 14.4 Å². The molecule has 1 aromatic carbocycles. The molecule has 20 heavy (non-hydrogen) atoms. The van der Waals surface area contributed by atoms with E-state index in [0.717, 1.165) is 5.56 Å². The molecule has 0 aliphatic heterocycles. The van der Waals surface area contributed by atoms with Crippen molar-refractivity contribution in [2.75, 3.05) is 6.61 Å². The number of rotatable bonds is 7. The predicted molar refractivity (Wildman–Crippen MR) is 68.6 cm³/mol. The first-order valence-corrected chi connectivity index (χ1v) is 5.75. The van der Waals surface area contributed by atoms with Crippen LogP contribution in [-0.2, 0) is 30.5 Å². The second kappa shape index (κ2) is 7.73. The van der Waals surface area contributed by atoms with Gasteiger partial charge in [-0.05, 0) is 5.56 Å². The Bertz CT molecular complexity index is 506. The molecule has 0 spiro atoms. The molecule has 0 unspecified atom stereocenters. The van der Waals surface area contributed by atoms with Gasteiger partial charge in [-0.2, -0.15) is 0 Å². The lowest BCUT2D eigenvalue weighted by atomic mass is 10.2. The molecule has 6 nitrogen and oxygen atoms in total. The van der Waals surface area contributed by atoms with Crippen LogP contribution in [-0.4, -0.2) is 29.6 Å². The lowest BCUT2D eigenvalue weighted by Gasteiger charge is -2.06. The minimum atomic E-state index is -1.20. The van der Waals surface area contributed by atoms with Crippen molar-refractivity contribution in [2.45, 2.75) is 13.0 Å². The van der Waals surface area contributed by atoms with Gasteiger partial charge in [0.25, 0.3) is 0 Å². The molecule has 0 amide bonds. The SMILES string of the molecule is C=C(CC(=O)O)C(=O)OCC(=O)OCc1ccccc1. The summed E-state index contributed by atoms with van der Waals surface area (Å²) in [6.07, 6.45) is -0.530. The van der Waals surface area contributed by atoms with E-state index in [1.807, 2.05) is 6.07 Å². The van der Waals surface area contributed by atoms with Crippen LogP contribution in [0.1, 0.15) is 12.0 Å². The number of carboxylic acid groups (broad SMARTS) is 1. The number of hydrogen-bond donors (Lipinski definition) is 1. The van der Waals surface area contributed by atoms with Crippen molar-refractivity contribution < 1.29 is 29.0 Å². The molecule has 0 atom stereocenters. The summed E-state index contributed by atoms with van der Waals surface area (Å²) in [5.41, 5.74) is 0.579. The molecule has 0 saturated carbocycles. The molecule has 0 fully saturated rings. The molecule has 0 aromatic heterocycles. The van der Waals surface area contributed by atoms with E-state index in [0.29, 0.717) is 0 Å². The Morgan fingerprint density at radius 1 is 1.10 bits per heavy atom. The van der Waals surface area contributed by atoms with Gasteiger partial charge >= 0.3 is 17.9 Å². The summed E-state index contributed by atoms with van der Waals surface area (Å²) in [4.78, 5) is 32.9. The van der Waals surface area contributed by atoms with E-state index in [-0.39, 0.29) is 12.2 Å². The van der Waals surface area contributed by atoms with E-state index in [1.165, 1.54) is 0 Å². The first-order chi connectivity index (χ1) is 9.49. The average Bonchev–Trinajstić information content (AvgIpc) is 2.42. The zero-order chi connectivity index (χ0) is 15.0. The van der Waals surface area contributed by atoms with Crippen molar-refractivity contribution in [3.05, 3.63) is 48.0 Å². The summed E-state index contributed by atoms with van der Waals surface area (Å²) in [5.74, 6) is -2.84. The van der Waals surface area contributed by atoms with Crippen LogP contribution in [0, 0.1) is 0 Å². The lowest BCUT2D eigenvalue weighted by molar-refractivity contribution is -0.157. The van der Waals surface area contributed by atoms with Crippen LogP contribution in [0.2, 0.25) is 0 Å². The van der Waals surface area contributed by atoms with Gasteiger partial charge in [0.05, 0.1) is 6.42 Å². The van der Waals surface area contributed by atoms with Crippen molar-refractivity contribution in [2.24, 2.45) is 0 Å². The third-order valence-electron chi connectivity index (χ3n) is 2.22. The topological polar surface area (TPSA) is 89.9 Å². The van der Waals surface area contributed by atoms with Gasteiger partial charge in [-0.3, -0.25) is 4.79 Å². The summed E-state index contributed by atoms with van der Waals surface area (Å²) < 4.78 is 9.46. The van der Waals surface area contributed by atoms with Crippen LogP contribution in [0.3, 0.4) is 0 Å². The first kappa shape index (κ1) is 15.4. The average molecular weight is 278 g/mol. The summed E-state index contributed by atoms with van der Waals surface area (Å²) in [7, 11) is 0. The van der Waals surface area contributed by atoms with Crippen molar-refractivity contribution in [3.8, 4) is 0 Å². The van der Waals surface area contributed by atoms with Crippen LogP contribution in [0.5, 0.6) is 0 Å². The summed E-state index contributed by atoms with van der Waals surface area (Å²) >= 11 is 0. The summed E-state index contributed by atoms with van der Waals surface area (Å²) in [5, 5.41) is 8.46. The molecule has 0 bridgehead atoms. The van der Waals surface area contributed by atoms with Crippen LogP contribution in [0.15, 0.2) is 42.5 Å². The second-order valence-electron chi connectivity index (χ2n) is 3.90. The summed E-state index contributed by atoms with van der Waals surface area (Å²) in [6, 6.07) is 9.02. The maximum atomic E-state index is 11.3. The molecular weight excluding hydrogens is 264 g/mol. The van der Waals surface area contributed by atoms with Crippen molar-refractivity contribution >= 4 is 17.9 Å². The van der Waals surface area contributed by atoms with Gasteiger partial charge in [0.1, 0.15) is 6.61 Å². The maximum absolute atomic E-state index is 11.3. The maximum Gasteiger partial charge on any atom is 0.344 e. The van der Waals surface area contributed by atoms with Crippen molar-refractivity contribution in [1.29, 1.82) is 0 Å². The molecule has 0 aliphatic rings. The van der Waals surface area contributed by atoms with Gasteiger partial charge in [-0.1, -0.05) is 36.9 Å². The van der Waals surface area contributed by atoms with Crippen LogP contribution < -0.4 is 0 Å². The van der Waals surface area contributed by atoms with E-state index < -0.39 is 30.9 Å².